The Morgan fingerprint density at radius 2 is 2.07 bits per heavy atom. The third kappa shape index (κ3) is 3.52. The number of nitriles is 1. The number of para-hydroxylation sites is 1. The van der Waals surface area contributed by atoms with Gasteiger partial charge in [-0.05, 0) is 44.4 Å². The van der Waals surface area contributed by atoms with Crippen molar-refractivity contribution in [3.05, 3.63) is 56.2 Å². The molecule has 0 bridgehead atoms. The zero-order valence-electron chi connectivity index (χ0n) is 17.1. The lowest BCUT2D eigenvalue weighted by Crippen LogP contribution is -2.33. The van der Waals surface area contributed by atoms with Crippen LogP contribution in [0.3, 0.4) is 0 Å². The van der Waals surface area contributed by atoms with Crippen LogP contribution in [0.2, 0.25) is 0 Å². The van der Waals surface area contributed by atoms with Crippen molar-refractivity contribution in [1.29, 1.82) is 5.26 Å². The fourth-order valence-electron chi connectivity index (χ4n) is 3.54. The molecule has 150 valence electrons. The van der Waals surface area contributed by atoms with E-state index < -0.39 is 6.04 Å². The molecule has 3 aromatic rings. The quantitative estimate of drug-likeness (QED) is 0.674. The second kappa shape index (κ2) is 8.10. The maximum absolute atomic E-state index is 13.2. The number of anilines is 1. The maximum atomic E-state index is 13.2. The van der Waals surface area contributed by atoms with Gasteiger partial charge in [-0.15, -0.1) is 11.3 Å². The van der Waals surface area contributed by atoms with E-state index in [2.05, 4.69) is 11.4 Å². The highest BCUT2D eigenvalue weighted by Gasteiger charge is 2.25. The Morgan fingerprint density at radius 1 is 1.34 bits per heavy atom. The number of fused-ring (bicyclic) bond motifs is 1. The lowest BCUT2D eigenvalue weighted by molar-refractivity contribution is -0.119. The van der Waals surface area contributed by atoms with Crippen LogP contribution in [0.4, 0.5) is 5.00 Å². The van der Waals surface area contributed by atoms with E-state index in [0.717, 1.165) is 21.4 Å². The van der Waals surface area contributed by atoms with Gasteiger partial charge < -0.3 is 10.1 Å². The van der Waals surface area contributed by atoms with Gasteiger partial charge >= 0.3 is 0 Å². The van der Waals surface area contributed by atoms with Gasteiger partial charge in [0.2, 0.25) is 5.91 Å². The molecule has 0 aliphatic rings. The molecule has 0 saturated heterocycles. The smallest absolute Gasteiger partial charge is 0.252 e. The summed E-state index contributed by atoms with van der Waals surface area (Å²) in [6.45, 7) is 7.50. The summed E-state index contributed by atoms with van der Waals surface area (Å²) in [5.74, 6) is 0.207. The minimum absolute atomic E-state index is 0.263. The first-order valence-corrected chi connectivity index (χ1v) is 10.1. The van der Waals surface area contributed by atoms with E-state index in [1.54, 1.807) is 13.2 Å². The number of pyridine rings is 1. The van der Waals surface area contributed by atoms with Gasteiger partial charge in [-0.3, -0.25) is 14.2 Å². The molecule has 1 unspecified atom stereocenters. The van der Waals surface area contributed by atoms with Crippen LogP contribution < -0.4 is 15.6 Å². The van der Waals surface area contributed by atoms with Crippen molar-refractivity contribution in [3.63, 3.8) is 0 Å². The van der Waals surface area contributed by atoms with Gasteiger partial charge in [0.1, 0.15) is 22.9 Å². The molecule has 0 saturated carbocycles. The van der Waals surface area contributed by atoms with Gasteiger partial charge in [0, 0.05) is 16.3 Å². The van der Waals surface area contributed by atoms with Crippen LogP contribution >= 0.6 is 11.3 Å². The minimum Gasteiger partial charge on any atom is -0.495 e. The van der Waals surface area contributed by atoms with Gasteiger partial charge in [-0.2, -0.15) is 5.26 Å². The van der Waals surface area contributed by atoms with Gasteiger partial charge in [0.05, 0.1) is 18.2 Å². The number of nitrogens with zero attached hydrogens (tertiary/aromatic N) is 2. The second-order valence-corrected chi connectivity index (χ2v) is 8.13. The van der Waals surface area contributed by atoms with Crippen LogP contribution in [-0.4, -0.2) is 17.6 Å². The molecule has 0 aliphatic heterocycles. The molecule has 7 heteroatoms. The van der Waals surface area contributed by atoms with E-state index in [-0.39, 0.29) is 11.5 Å². The Balaban J connectivity index is 2.15. The number of benzene rings is 1. The number of carbonyl (C=O) groups is 1. The molecule has 0 fully saturated rings. The summed E-state index contributed by atoms with van der Waals surface area (Å²) in [7, 11) is 1.54. The zero-order chi connectivity index (χ0) is 21.3. The van der Waals surface area contributed by atoms with Crippen molar-refractivity contribution < 1.29 is 9.53 Å². The fourth-order valence-corrected chi connectivity index (χ4v) is 4.55. The van der Waals surface area contributed by atoms with Crippen molar-refractivity contribution in [2.75, 3.05) is 12.4 Å². The molecule has 0 spiro atoms. The topological polar surface area (TPSA) is 84.1 Å². The van der Waals surface area contributed by atoms with Crippen LogP contribution in [0, 0.1) is 32.1 Å². The summed E-state index contributed by atoms with van der Waals surface area (Å²) in [6.07, 6.45) is 0.410. The number of hydrogen-bond donors (Lipinski definition) is 1. The minimum atomic E-state index is -0.740. The number of hydrogen-bond acceptors (Lipinski definition) is 5. The molecule has 2 aromatic heterocycles. The van der Waals surface area contributed by atoms with E-state index in [1.807, 2.05) is 39.8 Å². The first kappa shape index (κ1) is 20.6. The number of amides is 1. The maximum Gasteiger partial charge on any atom is 0.252 e. The average Bonchev–Trinajstić information content (AvgIpc) is 2.96. The van der Waals surface area contributed by atoms with Gasteiger partial charge in [-0.1, -0.05) is 19.1 Å². The average molecular weight is 410 g/mol. The molecule has 3 rings (SSSR count). The number of aromatic nitrogens is 1. The molecule has 29 heavy (non-hydrogen) atoms. The number of thiophene rings is 1. The number of aryl methyl sites for hydroxylation is 2. The van der Waals surface area contributed by atoms with Crippen LogP contribution in [0.25, 0.3) is 10.9 Å². The van der Waals surface area contributed by atoms with E-state index >= 15 is 0 Å². The summed E-state index contributed by atoms with van der Waals surface area (Å²) in [5.41, 5.74) is 2.49. The number of nitrogens with one attached hydrogen (secondary N) is 1. The lowest BCUT2D eigenvalue weighted by Gasteiger charge is -2.22. The summed E-state index contributed by atoms with van der Waals surface area (Å²) >= 11 is 1.37. The predicted octanol–water partition coefficient (Wildman–Crippen LogP) is 4.46. The van der Waals surface area contributed by atoms with Crippen LogP contribution in [0.5, 0.6) is 5.75 Å². The number of rotatable bonds is 5. The predicted molar refractivity (Wildman–Crippen MR) is 116 cm³/mol. The third-order valence-electron chi connectivity index (χ3n) is 5.20. The highest BCUT2D eigenvalue weighted by molar-refractivity contribution is 7.16. The molecule has 0 radical (unpaired) electrons. The summed E-state index contributed by atoms with van der Waals surface area (Å²) in [5, 5.41) is 13.7. The van der Waals surface area contributed by atoms with Crippen molar-refractivity contribution >= 4 is 33.1 Å². The molecule has 2 heterocycles. The van der Waals surface area contributed by atoms with E-state index in [0.29, 0.717) is 28.3 Å². The normalized spacial score (nSPS) is 11.9. The number of carbonyl (C=O) groups excluding carboxylic acids is 1. The Bertz CT molecular complexity index is 1200. The van der Waals surface area contributed by atoms with E-state index in [4.69, 9.17) is 4.74 Å². The molecule has 6 nitrogen and oxygen atoms in total. The number of ether oxygens (including phenoxy) is 1. The molecule has 0 aliphatic carbocycles. The van der Waals surface area contributed by atoms with E-state index in [9.17, 15) is 14.9 Å². The van der Waals surface area contributed by atoms with E-state index in [1.165, 1.54) is 22.0 Å². The molecular weight excluding hydrogens is 386 g/mol. The molecule has 1 atom stereocenters. The van der Waals surface area contributed by atoms with Crippen molar-refractivity contribution in [1.82, 2.24) is 4.57 Å². The Morgan fingerprint density at radius 3 is 2.69 bits per heavy atom. The number of methoxy groups -OCH3 is 1. The highest BCUT2D eigenvalue weighted by atomic mass is 32.1. The van der Waals surface area contributed by atoms with Crippen LogP contribution in [0.15, 0.2) is 29.1 Å². The lowest BCUT2D eigenvalue weighted by atomic mass is 10.1. The fraction of sp³-hybridized carbons (Fsp3) is 0.318. The van der Waals surface area contributed by atoms with Gasteiger partial charge in [-0.25, -0.2) is 0 Å². The zero-order valence-corrected chi connectivity index (χ0v) is 17.9. The SMILES string of the molecule is CCC(C(=O)Nc1sc(C)c(C)c1C#N)n1c(=O)cc(C)c2cccc(OC)c21. The van der Waals surface area contributed by atoms with Gasteiger partial charge in [0.15, 0.2) is 0 Å². The molecule has 1 aromatic carbocycles. The molecular formula is C22H23N3O3S. The third-order valence-corrected chi connectivity index (χ3v) is 6.32. The van der Waals surface area contributed by atoms with Crippen LogP contribution in [0.1, 0.15) is 41.0 Å². The molecule has 1 amide bonds. The van der Waals surface area contributed by atoms with Crippen molar-refractivity contribution in [2.24, 2.45) is 0 Å². The highest BCUT2D eigenvalue weighted by Crippen LogP contribution is 2.33. The van der Waals surface area contributed by atoms with Crippen molar-refractivity contribution in [2.45, 2.75) is 40.2 Å². The standard InChI is InChI=1S/C22H23N3O3S/c1-6-17(21(27)24-22-16(11-23)13(3)14(4)29-22)25-19(26)10-12(2)15-8-7-9-18(28-5)20(15)25/h7-10,17H,6H2,1-5H3,(H,24,27). The summed E-state index contributed by atoms with van der Waals surface area (Å²) in [4.78, 5) is 27.1. The van der Waals surface area contributed by atoms with Crippen LogP contribution in [-0.2, 0) is 4.79 Å². The summed E-state index contributed by atoms with van der Waals surface area (Å²) < 4.78 is 6.99. The Labute approximate surface area is 173 Å². The monoisotopic (exact) mass is 409 g/mol. The first-order chi connectivity index (χ1) is 13.8. The van der Waals surface area contributed by atoms with Crippen molar-refractivity contribution in [3.8, 4) is 11.8 Å². The Hall–Kier alpha value is -3.11. The second-order valence-electron chi connectivity index (χ2n) is 6.90. The largest absolute Gasteiger partial charge is 0.495 e. The summed E-state index contributed by atoms with van der Waals surface area (Å²) in [6, 6.07) is 8.51. The first-order valence-electron chi connectivity index (χ1n) is 9.33. The Kier molecular flexibility index (Phi) is 5.76. The molecule has 1 N–H and O–H groups in total. The van der Waals surface area contributed by atoms with Gasteiger partial charge in [0.25, 0.3) is 5.56 Å².